The highest BCUT2D eigenvalue weighted by molar-refractivity contribution is 5.94. The number of aliphatic imine (C=N–C) groups is 1. The minimum Gasteiger partial charge on any atom is -0.477 e. The first-order valence-corrected chi connectivity index (χ1v) is 8.45. The summed E-state index contributed by atoms with van der Waals surface area (Å²) in [5.74, 6) is -5.18. The second-order valence-electron chi connectivity index (χ2n) is 6.63. The van der Waals surface area contributed by atoms with E-state index in [4.69, 9.17) is 10.00 Å². The van der Waals surface area contributed by atoms with Crippen molar-refractivity contribution in [2.45, 2.75) is 30.5 Å². The minimum atomic E-state index is -5.83. The maximum absolute atomic E-state index is 13.8. The lowest BCUT2D eigenvalue weighted by Crippen LogP contribution is -2.43. The normalized spacial score (nSPS) is 20.1. The molecule has 0 aliphatic carbocycles. The molecule has 29 heavy (non-hydrogen) atoms. The molecule has 0 spiro atoms. The maximum atomic E-state index is 13.8. The van der Waals surface area contributed by atoms with Crippen LogP contribution in [0.15, 0.2) is 29.3 Å². The number of ether oxygens (including phenoxy) is 1. The third kappa shape index (κ3) is 3.52. The van der Waals surface area contributed by atoms with Crippen molar-refractivity contribution in [2.24, 2.45) is 4.99 Å². The van der Waals surface area contributed by atoms with Gasteiger partial charge in [-0.1, -0.05) is 0 Å². The molecule has 1 saturated heterocycles. The molecule has 0 N–H and O–H groups in total. The first kappa shape index (κ1) is 21.0. The molecule has 0 amide bonds. The summed E-state index contributed by atoms with van der Waals surface area (Å²) in [5, 5.41) is 8.82. The minimum absolute atomic E-state index is 0.0344. The fourth-order valence-corrected chi connectivity index (χ4v) is 3.24. The van der Waals surface area contributed by atoms with Crippen molar-refractivity contribution in [3.05, 3.63) is 35.4 Å². The lowest BCUT2D eigenvalue weighted by atomic mass is 9.94. The predicted octanol–water partition coefficient (Wildman–Crippen LogP) is 4.73. The zero-order valence-corrected chi connectivity index (χ0v) is 14.7. The first-order chi connectivity index (χ1) is 13.6. The third-order valence-corrected chi connectivity index (χ3v) is 4.70. The Kier molecular flexibility index (Phi) is 5.23. The number of halogens is 7. The molecule has 4 nitrogen and oxygen atoms in total. The highest BCUT2D eigenvalue weighted by atomic mass is 19.4. The Morgan fingerprint density at radius 1 is 1.17 bits per heavy atom. The maximum Gasteiger partial charge on any atom is 0.458 e. The average Bonchev–Trinajstić information content (AvgIpc) is 3.14. The molecule has 156 valence electrons. The van der Waals surface area contributed by atoms with Crippen LogP contribution in [0.4, 0.5) is 30.7 Å². The van der Waals surface area contributed by atoms with Crippen LogP contribution in [0.25, 0.3) is 5.70 Å². The zero-order valence-electron chi connectivity index (χ0n) is 14.7. The van der Waals surface area contributed by atoms with Crippen LogP contribution in [0.2, 0.25) is 0 Å². The number of hydrogen-bond donors (Lipinski definition) is 0. The van der Waals surface area contributed by atoms with Gasteiger partial charge in [-0.2, -0.15) is 32.2 Å². The van der Waals surface area contributed by atoms with Gasteiger partial charge in [-0.15, -0.1) is 0 Å². The number of rotatable bonds is 4. The molecule has 3 rings (SSSR count). The number of nitriles is 1. The molecule has 1 fully saturated rings. The molecule has 2 aliphatic rings. The Hall–Kier alpha value is -2.77. The topological polar surface area (TPSA) is 48.6 Å². The smallest absolute Gasteiger partial charge is 0.458 e. The van der Waals surface area contributed by atoms with Crippen LogP contribution in [0.5, 0.6) is 5.75 Å². The summed E-state index contributed by atoms with van der Waals surface area (Å²) in [6, 6.07) is 1.91. The van der Waals surface area contributed by atoms with E-state index in [9.17, 15) is 30.7 Å². The van der Waals surface area contributed by atoms with E-state index in [0.717, 1.165) is 12.1 Å². The third-order valence-electron chi connectivity index (χ3n) is 4.70. The van der Waals surface area contributed by atoms with Gasteiger partial charge in [0, 0.05) is 24.1 Å². The van der Waals surface area contributed by atoms with Crippen molar-refractivity contribution in [3.63, 3.8) is 0 Å². The van der Waals surface area contributed by atoms with Crippen molar-refractivity contribution in [1.82, 2.24) is 4.90 Å². The van der Waals surface area contributed by atoms with E-state index in [-0.39, 0.29) is 29.4 Å². The highest BCUT2D eigenvalue weighted by Crippen LogP contribution is 2.47. The van der Waals surface area contributed by atoms with E-state index in [1.165, 1.54) is 4.90 Å². The molecule has 11 heteroatoms. The summed E-state index contributed by atoms with van der Waals surface area (Å²) in [5.41, 5.74) is -3.63. The Morgan fingerprint density at radius 3 is 2.45 bits per heavy atom. The van der Waals surface area contributed by atoms with Crippen LogP contribution >= 0.6 is 0 Å². The summed E-state index contributed by atoms with van der Waals surface area (Å²) < 4.78 is 98.4. The highest BCUT2D eigenvalue weighted by Gasteiger charge is 2.59. The molecule has 0 aromatic heterocycles. The number of alkyl halides is 7. The van der Waals surface area contributed by atoms with Crippen molar-refractivity contribution >= 4 is 11.5 Å². The Balaban J connectivity index is 2.18. The average molecular weight is 421 g/mol. The SMILES string of the molecule is N#C/N=C1/CCCN1C1=CC(CF)(CF)Oc2ccc(C(F)(F)C(F)(F)F)cc21. The van der Waals surface area contributed by atoms with Crippen LogP contribution in [0, 0.1) is 11.5 Å². The first-order valence-electron chi connectivity index (χ1n) is 8.45. The van der Waals surface area contributed by atoms with Gasteiger partial charge in [0.25, 0.3) is 0 Å². The zero-order chi connectivity index (χ0) is 21.4. The Bertz CT molecular complexity index is 898. The molecule has 1 aromatic rings. The van der Waals surface area contributed by atoms with Crippen LogP contribution in [-0.4, -0.2) is 42.4 Å². The molecule has 0 bridgehead atoms. The number of nitrogens with zero attached hydrogens (tertiary/aromatic N) is 3. The molecular weight excluding hydrogens is 407 g/mol. The van der Waals surface area contributed by atoms with E-state index in [0.29, 0.717) is 25.0 Å². The van der Waals surface area contributed by atoms with Crippen molar-refractivity contribution in [1.29, 1.82) is 5.26 Å². The molecule has 1 aromatic carbocycles. The lowest BCUT2D eigenvalue weighted by Gasteiger charge is -2.36. The quantitative estimate of drug-likeness (QED) is 0.522. The van der Waals surface area contributed by atoms with E-state index in [1.54, 1.807) is 6.19 Å². The van der Waals surface area contributed by atoms with Crippen LogP contribution in [0.1, 0.15) is 24.0 Å². The fourth-order valence-electron chi connectivity index (χ4n) is 3.24. The molecular formula is C18H14F7N3O. The number of hydrogen-bond acceptors (Lipinski definition) is 3. The van der Waals surface area contributed by atoms with Gasteiger partial charge >= 0.3 is 12.1 Å². The van der Waals surface area contributed by atoms with E-state index < -0.39 is 36.6 Å². The molecule has 0 unspecified atom stereocenters. The van der Waals surface area contributed by atoms with Crippen molar-refractivity contribution in [3.8, 4) is 11.9 Å². The molecule has 2 aliphatic heterocycles. The number of fused-ring (bicyclic) bond motifs is 1. The number of benzene rings is 1. The molecule has 0 saturated carbocycles. The van der Waals surface area contributed by atoms with Crippen LogP contribution in [0.3, 0.4) is 0 Å². The molecule has 2 heterocycles. The summed E-state index contributed by atoms with van der Waals surface area (Å²) >= 11 is 0. The van der Waals surface area contributed by atoms with Crippen LogP contribution < -0.4 is 4.74 Å². The molecule has 0 radical (unpaired) electrons. The van der Waals surface area contributed by atoms with Gasteiger partial charge in [-0.3, -0.25) is 0 Å². The van der Waals surface area contributed by atoms with Crippen molar-refractivity contribution < 1.29 is 35.5 Å². The van der Waals surface area contributed by atoms with Crippen molar-refractivity contribution in [2.75, 3.05) is 19.9 Å². The van der Waals surface area contributed by atoms with Gasteiger partial charge in [0.05, 0.1) is 5.70 Å². The predicted molar refractivity (Wildman–Crippen MR) is 88.7 cm³/mol. The Labute approximate surface area is 160 Å². The van der Waals surface area contributed by atoms with Gasteiger partial charge in [-0.05, 0) is 30.7 Å². The van der Waals surface area contributed by atoms with E-state index >= 15 is 0 Å². The summed E-state index contributed by atoms with van der Waals surface area (Å²) in [4.78, 5) is 4.99. The monoisotopic (exact) mass is 421 g/mol. The lowest BCUT2D eigenvalue weighted by molar-refractivity contribution is -0.289. The van der Waals surface area contributed by atoms with E-state index in [1.807, 2.05) is 0 Å². The summed E-state index contributed by atoms with van der Waals surface area (Å²) in [6.07, 6.45) is -2.41. The van der Waals surface area contributed by atoms with E-state index in [2.05, 4.69) is 4.99 Å². The molecule has 0 atom stereocenters. The summed E-state index contributed by atoms with van der Waals surface area (Å²) in [6.45, 7) is -2.36. The number of likely N-dealkylation sites (tertiary alicyclic amines) is 1. The van der Waals surface area contributed by atoms with Crippen LogP contribution in [-0.2, 0) is 5.92 Å². The Morgan fingerprint density at radius 2 is 1.86 bits per heavy atom. The number of amidine groups is 1. The summed E-state index contributed by atoms with van der Waals surface area (Å²) in [7, 11) is 0. The fraction of sp³-hybridized carbons (Fsp3) is 0.444. The second-order valence-corrected chi connectivity index (χ2v) is 6.63. The van der Waals surface area contributed by atoms with Gasteiger partial charge in [0.1, 0.15) is 24.9 Å². The second kappa shape index (κ2) is 7.24. The van der Waals surface area contributed by atoms with Gasteiger partial charge < -0.3 is 9.64 Å². The van der Waals surface area contributed by atoms with Gasteiger partial charge in [0.15, 0.2) is 5.60 Å². The van der Waals surface area contributed by atoms with Gasteiger partial charge in [0.2, 0.25) is 6.19 Å². The standard InChI is InChI=1S/C18H14F7N3O/c19-8-16(9-20)7-13(28-5-1-2-15(28)27-10-26)12-6-11(3-4-14(12)29-16)17(21,22)18(23,24)25/h3-4,6-7H,1-2,5,8-9H2/b27-15-. The largest absolute Gasteiger partial charge is 0.477 e. The van der Waals surface area contributed by atoms with Gasteiger partial charge in [-0.25, -0.2) is 8.78 Å².